The minimum atomic E-state index is -3.69. The van der Waals surface area contributed by atoms with Gasteiger partial charge in [-0.15, -0.1) is 12.4 Å². The van der Waals surface area contributed by atoms with E-state index < -0.39 is 15.9 Å². The molecule has 154 valence electrons. The number of anilines is 3. The Kier molecular flexibility index (Phi) is 5.96. The Labute approximate surface area is 181 Å². The maximum absolute atomic E-state index is 11.9. The predicted molar refractivity (Wildman–Crippen MR) is 124 cm³/mol. The van der Waals surface area contributed by atoms with Crippen LogP contribution in [0.25, 0.3) is 21.8 Å². The second kappa shape index (κ2) is 8.30. The van der Waals surface area contributed by atoms with Crippen molar-refractivity contribution in [3.8, 4) is 0 Å². The highest BCUT2D eigenvalue weighted by atomic mass is 35.5. The van der Waals surface area contributed by atoms with Gasteiger partial charge >= 0.3 is 0 Å². The molecule has 1 heterocycles. The number of sulfonamides is 1. The Morgan fingerprint density at radius 2 is 1.37 bits per heavy atom. The van der Waals surface area contributed by atoms with Gasteiger partial charge in [0.05, 0.1) is 28.7 Å². The molecule has 4 rings (SSSR count). The average Bonchev–Trinajstić information content (AvgIpc) is 2.68. The number of benzene rings is 3. The number of rotatable bonds is 4. The van der Waals surface area contributed by atoms with E-state index in [0.29, 0.717) is 5.69 Å². The first-order valence-corrected chi connectivity index (χ1v) is 10.8. The van der Waals surface area contributed by atoms with E-state index in [9.17, 15) is 13.2 Å². The van der Waals surface area contributed by atoms with Gasteiger partial charge in [-0.25, -0.2) is 17.7 Å². The normalized spacial score (nSPS) is 11.1. The molecule has 1 N–H and O–H groups in total. The van der Waals surface area contributed by atoms with Gasteiger partial charge in [-0.3, -0.25) is 4.79 Å². The van der Waals surface area contributed by atoms with Crippen LogP contribution in [0.5, 0.6) is 0 Å². The molecule has 6 nitrogen and oxygen atoms in total. The smallest absolute Gasteiger partial charge is 0.238 e. The highest BCUT2D eigenvalue weighted by Crippen LogP contribution is 2.33. The SMILES string of the molecule is CC(=O)N(c1ccc(Nc2c3ccccc3nc3ccccc23)cc1)S(C)(=O)=O.Cl. The summed E-state index contributed by atoms with van der Waals surface area (Å²) < 4.78 is 24.6. The molecule has 0 radical (unpaired) electrons. The monoisotopic (exact) mass is 441 g/mol. The molecule has 0 fully saturated rings. The summed E-state index contributed by atoms with van der Waals surface area (Å²) in [5.41, 5.74) is 3.75. The summed E-state index contributed by atoms with van der Waals surface area (Å²) >= 11 is 0. The van der Waals surface area contributed by atoms with Gasteiger partial charge in [0.25, 0.3) is 0 Å². The lowest BCUT2D eigenvalue weighted by Crippen LogP contribution is -2.34. The number of halogens is 1. The summed E-state index contributed by atoms with van der Waals surface area (Å²) in [4.78, 5) is 16.5. The van der Waals surface area contributed by atoms with Crippen molar-refractivity contribution in [2.45, 2.75) is 6.92 Å². The van der Waals surface area contributed by atoms with E-state index in [1.54, 1.807) is 24.3 Å². The molecule has 8 heteroatoms. The van der Waals surface area contributed by atoms with Gasteiger partial charge in [-0.2, -0.15) is 0 Å². The first kappa shape index (κ1) is 21.5. The summed E-state index contributed by atoms with van der Waals surface area (Å²) in [6, 6.07) is 22.5. The maximum Gasteiger partial charge on any atom is 0.238 e. The lowest BCUT2D eigenvalue weighted by molar-refractivity contribution is -0.115. The van der Waals surface area contributed by atoms with Crippen LogP contribution >= 0.6 is 12.4 Å². The minimum Gasteiger partial charge on any atom is -0.354 e. The zero-order chi connectivity index (χ0) is 20.6. The van der Waals surface area contributed by atoms with E-state index in [1.807, 2.05) is 48.5 Å². The summed E-state index contributed by atoms with van der Waals surface area (Å²) in [7, 11) is -3.69. The highest BCUT2D eigenvalue weighted by Gasteiger charge is 2.21. The van der Waals surface area contributed by atoms with Crippen molar-refractivity contribution in [3.05, 3.63) is 72.8 Å². The minimum absolute atomic E-state index is 0. The van der Waals surface area contributed by atoms with Crippen molar-refractivity contribution >= 4 is 67.2 Å². The molecular formula is C22H20ClN3O3S. The third-order valence-electron chi connectivity index (χ3n) is 4.58. The number of aromatic nitrogens is 1. The second-order valence-corrected chi connectivity index (χ2v) is 8.57. The van der Waals surface area contributed by atoms with Crippen LogP contribution in [0, 0.1) is 0 Å². The number of hydrogen-bond donors (Lipinski definition) is 1. The third kappa shape index (κ3) is 4.08. The van der Waals surface area contributed by atoms with Gasteiger partial charge in [-0.1, -0.05) is 36.4 Å². The average molecular weight is 442 g/mol. The number of pyridine rings is 1. The molecule has 1 aromatic heterocycles. The topological polar surface area (TPSA) is 79.4 Å². The molecule has 0 atom stereocenters. The van der Waals surface area contributed by atoms with Crippen LogP contribution in [0.3, 0.4) is 0 Å². The summed E-state index contributed by atoms with van der Waals surface area (Å²) in [5, 5.41) is 5.40. The van der Waals surface area contributed by atoms with Crippen LogP contribution in [0.1, 0.15) is 6.92 Å². The quantitative estimate of drug-likeness (QED) is 0.457. The fourth-order valence-corrected chi connectivity index (χ4v) is 4.38. The van der Waals surface area contributed by atoms with Crippen molar-refractivity contribution < 1.29 is 13.2 Å². The number of carbonyl (C=O) groups excluding carboxylic acids is 1. The predicted octanol–water partition coefficient (Wildman–Crippen LogP) is 4.87. The van der Waals surface area contributed by atoms with Crippen LogP contribution in [-0.4, -0.2) is 25.6 Å². The van der Waals surface area contributed by atoms with E-state index in [4.69, 9.17) is 4.98 Å². The molecule has 3 aromatic carbocycles. The van der Waals surface area contributed by atoms with Gasteiger partial charge in [-0.05, 0) is 36.4 Å². The van der Waals surface area contributed by atoms with E-state index in [2.05, 4.69) is 5.32 Å². The van der Waals surface area contributed by atoms with Gasteiger partial charge in [0.15, 0.2) is 0 Å². The molecule has 4 aromatic rings. The largest absolute Gasteiger partial charge is 0.354 e. The number of hydrogen-bond acceptors (Lipinski definition) is 5. The Bertz CT molecular complexity index is 1290. The number of nitrogens with one attached hydrogen (secondary N) is 1. The van der Waals surface area contributed by atoms with Crippen molar-refractivity contribution in [2.75, 3.05) is 15.9 Å². The number of amides is 1. The van der Waals surface area contributed by atoms with E-state index in [0.717, 1.165) is 43.7 Å². The van der Waals surface area contributed by atoms with Crippen LogP contribution in [0.4, 0.5) is 17.1 Å². The molecule has 0 aliphatic heterocycles. The first-order valence-electron chi connectivity index (χ1n) is 9.00. The fourth-order valence-electron chi connectivity index (χ4n) is 3.41. The Hall–Kier alpha value is -3.16. The molecule has 0 aliphatic carbocycles. The van der Waals surface area contributed by atoms with E-state index in [-0.39, 0.29) is 12.4 Å². The number of nitrogens with zero attached hydrogens (tertiary/aromatic N) is 2. The molecule has 1 amide bonds. The zero-order valence-electron chi connectivity index (χ0n) is 16.4. The molecule has 0 unspecified atom stereocenters. The number of carbonyl (C=O) groups is 1. The molecule has 30 heavy (non-hydrogen) atoms. The Balaban J connectivity index is 0.00000256. The molecule has 0 aliphatic rings. The van der Waals surface area contributed by atoms with Crippen LogP contribution in [0.15, 0.2) is 72.8 Å². The van der Waals surface area contributed by atoms with Crippen LogP contribution in [0.2, 0.25) is 0 Å². The van der Waals surface area contributed by atoms with Crippen molar-refractivity contribution in [2.24, 2.45) is 0 Å². The van der Waals surface area contributed by atoms with Crippen LogP contribution < -0.4 is 9.62 Å². The molecule has 0 spiro atoms. The maximum atomic E-state index is 11.9. The summed E-state index contributed by atoms with van der Waals surface area (Å²) in [6.07, 6.45) is 1.01. The Morgan fingerprint density at radius 3 is 1.83 bits per heavy atom. The standard InChI is InChI=1S/C22H19N3O3S.ClH/c1-15(26)25(29(2,27)28)17-13-11-16(12-14-17)23-22-18-7-3-5-9-20(18)24-21-10-6-4-8-19(21)22;/h3-14H,1-2H3,(H,23,24);1H. The van der Waals surface area contributed by atoms with Crippen molar-refractivity contribution in [3.63, 3.8) is 0 Å². The lowest BCUT2D eigenvalue weighted by Gasteiger charge is -2.19. The van der Waals surface area contributed by atoms with E-state index >= 15 is 0 Å². The van der Waals surface area contributed by atoms with E-state index in [1.165, 1.54) is 6.92 Å². The van der Waals surface area contributed by atoms with Gasteiger partial charge < -0.3 is 5.32 Å². The van der Waals surface area contributed by atoms with Gasteiger partial charge in [0.2, 0.25) is 15.9 Å². The van der Waals surface area contributed by atoms with Crippen molar-refractivity contribution in [1.29, 1.82) is 0 Å². The fraction of sp³-hybridized carbons (Fsp3) is 0.0909. The second-order valence-electron chi connectivity index (χ2n) is 6.74. The third-order valence-corrected chi connectivity index (χ3v) is 5.71. The first-order chi connectivity index (χ1) is 13.8. The van der Waals surface area contributed by atoms with Crippen molar-refractivity contribution in [1.82, 2.24) is 4.98 Å². The number of fused-ring (bicyclic) bond motifs is 2. The molecular weight excluding hydrogens is 422 g/mol. The molecule has 0 saturated heterocycles. The molecule has 0 saturated carbocycles. The Morgan fingerprint density at radius 1 is 0.867 bits per heavy atom. The lowest BCUT2D eigenvalue weighted by atomic mass is 10.1. The van der Waals surface area contributed by atoms with Gasteiger partial charge in [0.1, 0.15) is 0 Å². The van der Waals surface area contributed by atoms with Crippen LogP contribution in [-0.2, 0) is 14.8 Å². The summed E-state index contributed by atoms with van der Waals surface area (Å²) in [6.45, 7) is 1.22. The molecule has 0 bridgehead atoms. The summed E-state index contributed by atoms with van der Waals surface area (Å²) in [5.74, 6) is -0.556. The highest BCUT2D eigenvalue weighted by molar-refractivity contribution is 7.92. The van der Waals surface area contributed by atoms with Gasteiger partial charge in [0, 0.05) is 23.4 Å². The zero-order valence-corrected chi connectivity index (χ0v) is 18.0. The number of para-hydroxylation sites is 2.